The lowest BCUT2D eigenvalue weighted by Crippen LogP contribution is -2.51. The largest absolute Gasteiger partial charge is 0.469 e. The van der Waals surface area contributed by atoms with Gasteiger partial charge in [-0.3, -0.25) is 4.79 Å². The average molecular weight is 318 g/mol. The molecule has 1 saturated carbocycles. The normalized spacial score (nSPS) is 26.0. The highest BCUT2D eigenvalue weighted by molar-refractivity contribution is 7.86. The topological polar surface area (TPSA) is 66.9 Å². The summed E-state index contributed by atoms with van der Waals surface area (Å²) in [4.78, 5) is 11.7. The first kappa shape index (κ1) is 16.7. The maximum atomic E-state index is 12.7. The first-order valence-electron chi connectivity index (χ1n) is 7.77. The molecule has 122 valence electrons. The maximum Gasteiger partial charge on any atom is 0.309 e. The Labute approximate surface area is 127 Å². The predicted octanol–water partition coefficient (Wildman–Crippen LogP) is 1.38. The van der Waals surface area contributed by atoms with Crippen molar-refractivity contribution in [3.05, 3.63) is 0 Å². The molecule has 1 unspecified atom stereocenters. The minimum absolute atomic E-state index is 0.0993. The zero-order chi connectivity index (χ0) is 15.5. The Morgan fingerprint density at radius 1 is 1.14 bits per heavy atom. The van der Waals surface area contributed by atoms with Gasteiger partial charge in [0.15, 0.2) is 0 Å². The smallest absolute Gasteiger partial charge is 0.309 e. The lowest BCUT2D eigenvalue weighted by Gasteiger charge is -2.37. The van der Waals surface area contributed by atoms with Crippen LogP contribution in [0.1, 0.15) is 44.9 Å². The van der Waals surface area contributed by atoms with Crippen molar-refractivity contribution < 1.29 is 17.9 Å². The Hall–Kier alpha value is -0.660. The molecule has 1 atom stereocenters. The van der Waals surface area contributed by atoms with Crippen molar-refractivity contribution in [1.82, 2.24) is 8.61 Å². The van der Waals surface area contributed by atoms with Gasteiger partial charge >= 0.3 is 5.97 Å². The third kappa shape index (κ3) is 3.76. The number of ether oxygens (including phenoxy) is 1. The number of hydrogen-bond donors (Lipinski definition) is 0. The standard InChI is InChI=1S/C14H26N2O4S/c1-15(13-8-4-3-5-9-13)21(18,19)16-10-6-7-12(11-16)14(17)20-2/h12-13H,3-11H2,1-2H3. The highest BCUT2D eigenvalue weighted by atomic mass is 32.2. The van der Waals surface area contributed by atoms with Crippen LogP contribution in [0.15, 0.2) is 0 Å². The van der Waals surface area contributed by atoms with E-state index in [2.05, 4.69) is 0 Å². The summed E-state index contributed by atoms with van der Waals surface area (Å²) >= 11 is 0. The number of hydrogen-bond acceptors (Lipinski definition) is 4. The molecule has 2 rings (SSSR count). The number of carbonyl (C=O) groups is 1. The molecule has 0 spiro atoms. The summed E-state index contributed by atoms with van der Waals surface area (Å²) in [6, 6.07) is 0.0993. The fourth-order valence-corrected chi connectivity index (χ4v) is 5.01. The molecule has 21 heavy (non-hydrogen) atoms. The average Bonchev–Trinajstić information content (AvgIpc) is 2.54. The fraction of sp³-hybridized carbons (Fsp3) is 0.929. The SMILES string of the molecule is COC(=O)C1CCCN(S(=O)(=O)N(C)C2CCCCC2)C1. The summed E-state index contributed by atoms with van der Waals surface area (Å²) < 4.78 is 33.2. The van der Waals surface area contributed by atoms with Crippen molar-refractivity contribution in [2.24, 2.45) is 5.92 Å². The first-order chi connectivity index (χ1) is 9.96. The van der Waals surface area contributed by atoms with Crippen LogP contribution < -0.4 is 0 Å². The van der Waals surface area contributed by atoms with Crippen LogP contribution in [-0.4, -0.2) is 56.3 Å². The van der Waals surface area contributed by atoms with Crippen molar-refractivity contribution in [3.63, 3.8) is 0 Å². The highest BCUT2D eigenvalue weighted by Gasteiger charge is 2.37. The maximum absolute atomic E-state index is 12.7. The molecule has 1 aliphatic heterocycles. The Bertz CT molecular complexity index is 460. The van der Waals surface area contributed by atoms with Crippen molar-refractivity contribution in [1.29, 1.82) is 0 Å². The molecule has 7 heteroatoms. The van der Waals surface area contributed by atoms with Gasteiger partial charge in [-0.25, -0.2) is 0 Å². The Morgan fingerprint density at radius 2 is 1.81 bits per heavy atom. The van der Waals surface area contributed by atoms with E-state index in [1.54, 1.807) is 7.05 Å². The van der Waals surface area contributed by atoms with Gasteiger partial charge in [0.1, 0.15) is 0 Å². The molecule has 0 aromatic rings. The van der Waals surface area contributed by atoms with Crippen LogP contribution in [-0.2, 0) is 19.7 Å². The van der Waals surface area contributed by atoms with Gasteiger partial charge in [0, 0.05) is 26.2 Å². The Morgan fingerprint density at radius 3 is 2.43 bits per heavy atom. The summed E-state index contributed by atoms with van der Waals surface area (Å²) in [5.74, 6) is -0.645. The molecule has 1 heterocycles. The molecule has 6 nitrogen and oxygen atoms in total. The van der Waals surface area contributed by atoms with Crippen LogP contribution in [0.4, 0.5) is 0 Å². The molecule has 0 radical (unpaired) electrons. The summed E-state index contributed by atoms with van der Waals surface area (Å²) in [5.41, 5.74) is 0. The molecule has 0 aromatic carbocycles. The van der Waals surface area contributed by atoms with E-state index in [0.29, 0.717) is 19.4 Å². The van der Waals surface area contributed by atoms with E-state index in [1.807, 2.05) is 0 Å². The van der Waals surface area contributed by atoms with Crippen LogP contribution in [0.25, 0.3) is 0 Å². The second-order valence-corrected chi connectivity index (χ2v) is 8.02. The van der Waals surface area contributed by atoms with E-state index < -0.39 is 10.2 Å². The van der Waals surface area contributed by atoms with Gasteiger partial charge in [0.2, 0.25) is 0 Å². The van der Waals surface area contributed by atoms with E-state index in [1.165, 1.54) is 22.1 Å². The molecule has 1 aliphatic carbocycles. The predicted molar refractivity (Wildman–Crippen MR) is 79.9 cm³/mol. The van der Waals surface area contributed by atoms with Crippen LogP contribution in [0.2, 0.25) is 0 Å². The first-order valence-corrected chi connectivity index (χ1v) is 9.17. The summed E-state index contributed by atoms with van der Waals surface area (Å²) in [6.45, 7) is 0.735. The second-order valence-electron chi connectivity index (χ2n) is 6.04. The van der Waals surface area contributed by atoms with Gasteiger partial charge in [0.05, 0.1) is 13.0 Å². The van der Waals surface area contributed by atoms with Crippen LogP contribution >= 0.6 is 0 Å². The monoisotopic (exact) mass is 318 g/mol. The minimum Gasteiger partial charge on any atom is -0.469 e. The molecule has 0 aromatic heterocycles. The number of piperidine rings is 1. The zero-order valence-corrected chi connectivity index (χ0v) is 13.8. The van der Waals surface area contributed by atoms with E-state index in [-0.39, 0.29) is 24.5 Å². The quantitative estimate of drug-likeness (QED) is 0.735. The molecule has 2 fully saturated rings. The summed E-state index contributed by atoms with van der Waals surface area (Å²) in [7, 11) is -0.453. The van der Waals surface area contributed by atoms with Gasteiger partial charge in [-0.05, 0) is 25.7 Å². The summed E-state index contributed by atoms with van der Waals surface area (Å²) in [5, 5.41) is 0. The lowest BCUT2D eigenvalue weighted by atomic mass is 9.96. The number of nitrogens with zero attached hydrogens (tertiary/aromatic N) is 2. The molecule has 1 saturated heterocycles. The van der Waals surface area contributed by atoms with Crippen LogP contribution in [0, 0.1) is 5.92 Å². The lowest BCUT2D eigenvalue weighted by molar-refractivity contribution is -0.146. The molecular weight excluding hydrogens is 292 g/mol. The third-order valence-electron chi connectivity index (χ3n) is 4.70. The number of rotatable bonds is 4. The van der Waals surface area contributed by atoms with Crippen LogP contribution in [0.5, 0.6) is 0 Å². The molecule has 2 aliphatic rings. The number of carbonyl (C=O) groups excluding carboxylic acids is 1. The Kier molecular flexibility index (Phi) is 5.62. The van der Waals surface area contributed by atoms with Crippen molar-refractivity contribution in [2.45, 2.75) is 51.0 Å². The van der Waals surface area contributed by atoms with Gasteiger partial charge in [-0.2, -0.15) is 17.0 Å². The number of methoxy groups -OCH3 is 1. The van der Waals surface area contributed by atoms with Crippen molar-refractivity contribution >= 4 is 16.2 Å². The van der Waals surface area contributed by atoms with Crippen molar-refractivity contribution in [3.8, 4) is 0 Å². The summed E-state index contributed by atoms with van der Waals surface area (Å²) in [6.07, 6.45) is 6.65. The second kappa shape index (κ2) is 7.07. The fourth-order valence-electron chi connectivity index (χ4n) is 3.33. The zero-order valence-electron chi connectivity index (χ0n) is 13.0. The van der Waals surface area contributed by atoms with Gasteiger partial charge in [-0.15, -0.1) is 0 Å². The van der Waals surface area contributed by atoms with Crippen molar-refractivity contribution in [2.75, 3.05) is 27.2 Å². The molecule has 0 N–H and O–H groups in total. The number of esters is 1. The van der Waals surface area contributed by atoms with Gasteiger partial charge in [-0.1, -0.05) is 19.3 Å². The molecular formula is C14H26N2O4S. The van der Waals surface area contributed by atoms with Gasteiger partial charge < -0.3 is 4.74 Å². The third-order valence-corrected chi connectivity index (χ3v) is 6.71. The molecule has 0 bridgehead atoms. The molecule has 0 amide bonds. The van der Waals surface area contributed by atoms with E-state index in [9.17, 15) is 13.2 Å². The van der Waals surface area contributed by atoms with Crippen LogP contribution in [0.3, 0.4) is 0 Å². The Balaban J connectivity index is 2.05. The van der Waals surface area contributed by atoms with E-state index in [0.717, 1.165) is 25.7 Å². The van der Waals surface area contributed by atoms with E-state index >= 15 is 0 Å². The minimum atomic E-state index is -3.48. The van der Waals surface area contributed by atoms with E-state index in [4.69, 9.17) is 4.74 Å². The highest BCUT2D eigenvalue weighted by Crippen LogP contribution is 2.27. The van der Waals surface area contributed by atoms with Gasteiger partial charge in [0.25, 0.3) is 10.2 Å².